The van der Waals surface area contributed by atoms with Crippen LogP contribution in [0.4, 0.5) is 5.69 Å². The molecule has 0 heterocycles. The van der Waals surface area contributed by atoms with E-state index in [0.717, 1.165) is 0 Å². The van der Waals surface area contributed by atoms with Gasteiger partial charge in [0.05, 0.1) is 17.0 Å². The number of rotatable bonds is 6. The zero-order chi connectivity index (χ0) is 15.3. The van der Waals surface area contributed by atoms with E-state index in [1.807, 2.05) is 0 Å². The van der Waals surface area contributed by atoms with Crippen molar-refractivity contribution in [3.05, 3.63) is 29.8 Å². The molecule has 0 bridgehead atoms. The van der Waals surface area contributed by atoms with Gasteiger partial charge in [0, 0.05) is 20.0 Å². The summed E-state index contributed by atoms with van der Waals surface area (Å²) in [5, 5.41) is 0. The van der Waals surface area contributed by atoms with Gasteiger partial charge in [0.25, 0.3) is 5.91 Å². The number of para-hydroxylation sites is 1. The number of carbonyl (C=O) groups is 1. The molecule has 5 nitrogen and oxygen atoms in total. The van der Waals surface area contributed by atoms with E-state index in [0.29, 0.717) is 5.56 Å². The third-order valence-corrected chi connectivity index (χ3v) is 4.66. The molecule has 1 aromatic carbocycles. The van der Waals surface area contributed by atoms with Gasteiger partial charge < -0.3 is 4.90 Å². The van der Waals surface area contributed by atoms with Crippen LogP contribution >= 0.6 is 11.6 Å². The highest BCUT2D eigenvalue weighted by Crippen LogP contribution is 2.19. The van der Waals surface area contributed by atoms with Crippen molar-refractivity contribution >= 4 is 33.2 Å². The topological polar surface area (TPSA) is 66.5 Å². The Labute approximate surface area is 125 Å². The number of anilines is 1. The molecule has 1 unspecified atom stereocenters. The predicted octanol–water partition coefficient (Wildman–Crippen LogP) is 2.00. The molecule has 112 valence electrons. The third-order valence-electron chi connectivity index (χ3n) is 2.60. The summed E-state index contributed by atoms with van der Waals surface area (Å²) < 4.78 is 26.5. The van der Waals surface area contributed by atoms with E-state index in [9.17, 15) is 13.2 Å². The molecular weight excluding hydrogens is 300 g/mol. The summed E-state index contributed by atoms with van der Waals surface area (Å²) in [5.41, 5.74) is 0.604. The summed E-state index contributed by atoms with van der Waals surface area (Å²) in [6.07, 6.45) is 0. The van der Waals surface area contributed by atoms with E-state index in [-0.39, 0.29) is 29.1 Å². The maximum atomic E-state index is 12.0. The Hall–Kier alpha value is -1.27. The number of alkyl halides is 1. The van der Waals surface area contributed by atoms with Gasteiger partial charge in [-0.2, -0.15) is 0 Å². The van der Waals surface area contributed by atoms with Crippen molar-refractivity contribution in [2.24, 2.45) is 5.92 Å². The lowest BCUT2D eigenvalue weighted by molar-refractivity contribution is 0.0828. The van der Waals surface area contributed by atoms with Gasteiger partial charge in [0.15, 0.2) is 0 Å². The Kier molecular flexibility index (Phi) is 5.83. The van der Waals surface area contributed by atoms with Crippen LogP contribution in [0.2, 0.25) is 0 Å². The molecule has 20 heavy (non-hydrogen) atoms. The normalized spacial score (nSPS) is 12.8. The molecular formula is C13H19ClN2O3S. The summed E-state index contributed by atoms with van der Waals surface area (Å²) in [6.45, 7) is 1.75. The van der Waals surface area contributed by atoms with Crippen LogP contribution < -0.4 is 4.72 Å². The first-order valence-electron chi connectivity index (χ1n) is 6.14. The molecule has 1 N–H and O–H groups in total. The van der Waals surface area contributed by atoms with Crippen LogP contribution in [-0.4, -0.2) is 45.0 Å². The van der Waals surface area contributed by atoms with Crippen molar-refractivity contribution in [3.63, 3.8) is 0 Å². The number of carbonyl (C=O) groups excluding carboxylic acids is 1. The van der Waals surface area contributed by atoms with Gasteiger partial charge in [-0.15, -0.1) is 11.6 Å². The van der Waals surface area contributed by atoms with Gasteiger partial charge in [0.1, 0.15) is 0 Å². The lowest BCUT2D eigenvalue weighted by atomic mass is 10.1. The van der Waals surface area contributed by atoms with Crippen molar-refractivity contribution in [1.29, 1.82) is 0 Å². The van der Waals surface area contributed by atoms with Crippen LogP contribution in [0, 0.1) is 5.92 Å². The Morgan fingerprint density at radius 2 is 1.95 bits per heavy atom. The molecule has 1 aromatic rings. The monoisotopic (exact) mass is 318 g/mol. The highest BCUT2D eigenvalue weighted by molar-refractivity contribution is 7.92. The largest absolute Gasteiger partial charge is 0.345 e. The highest BCUT2D eigenvalue weighted by Gasteiger charge is 2.19. The summed E-state index contributed by atoms with van der Waals surface area (Å²) >= 11 is 5.63. The fraction of sp³-hybridized carbons (Fsp3) is 0.462. The summed E-state index contributed by atoms with van der Waals surface area (Å²) in [5.74, 6) is -0.236. The molecule has 0 radical (unpaired) electrons. The number of benzene rings is 1. The molecule has 1 amide bonds. The number of hydrogen-bond acceptors (Lipinski definition) is 3. The van der Waals surface area contributed by atoms with Gasteiger partial charge in [-0.05, 0) is 18.1 Å². The average molecular weight is 319 g/mol. The van der Waals surface area contributed by atoms with Crippen LogP contribution in [0.3, 0.4) is 0 Å². The number of amides is 1. The first kappa shape index (κ1) is 16.8. The minimum Gasteiger partial charge on any atom is -0.345 e. The molecule has 0 aromatic heterocycles. The third kappa shape index (κ3) is 4.68. The van der Waals surface area contributed by atoms with Crippen molar-refractivity contribution in [2.75, 3.05) is 30.5 Å². The van der Waals surface area contributed by atoms with Gasteiger partial charge in [-0.3, -0.25) is 9.52 Å². The second-order valence-corrected chi connectivity index (χ2v) is 6.96. The van der Waals surface area contributed by atoms with Crippen LogP contribution in [0.1, 0.15) is 17.3 Å². The van der Waals surface area contributed by atoms with Crippen molar-refractivity contribution in [2.45, 2.75) is 6.92 Å². The zero-order valence-electron chi connectivity index (χ0n) is 11.8. The lowest BCUT2D eigenvalue weighted by Gasteiger charge is -2.16. The second kappa shape index (κ2) is 6.95. The number of hydrogen-bond donors (Lipinski definition) is 1. The predicted molar refractivity (Wildman–Crippen MR) is 81.8 cm³/mol. The van der Waals surface area contributed by atoms with E-state index in [4.69, 9.17) is 11.6 Å². The van der Waals surface area contributed by atoms with E-state index in [1.165, 1.54) is 4.90 Å². The molecule has 0 spiro atoms. The summed E-state index contributed by atoms with van der Waals surface area (Å²) in [7, 11) is -0.304. The van der Waals surface area contributed by atoms with E-state index >= 15 is 0 Å². The summed E-state index contributed by atoms with van der Waals surface area (Å²) in [4.78, 5) is 13.4. The number of nitrogens with zero attached hydrogens (tertiary/aromatic N) is 1. The Morgan fingerprint density at radius 1 is 1.35 bits per heavy atom. The van der Waals surface area contributed by atoms with E-state index in [2.05, 4.69) is 4.72 Å². The minimum absolute atomic E-state index is 0.0824. The number of sulfonamides is 1. The average Bonchev–Trinajstić information content (AvgIpc) is 2.37. The Bertz CT molecular complexity index is 573. The smallest absolute Gasteiger partial charge is 0.255 e. The van der Waals surface area contributed by atoms with Crippen LogP contribution in [0.25, 0.3) is 0 Å². The van der Waals surface area contributed by atoms with Gasteiger partial charge >= 0.3 is 0 Å². The molecule has 0 aliphatic carbocycles. The molecule has 0 saturated carbocycles. The first-order valence-corrected chi connectivity index (χ1v) is 8.32. The molecule has 7 heteroatoms. The lowest BCUT2D eigenvalue weighted by Crippen LogP contribution is -2.26. The fourth-order valence-corrected chi connectivity index (χ4v) is 3.33. The van der Waals surface area contributed by atoms with Gasteiger partial charge in [-0.1, -0.05) is 19.1 Å². The summed E-state index contributed by atoms with van der Waals surface area (Å²) in [6, 6.07) is 6.52. The zero-order valence-corrected chi connectivity index (χ0v) is 13.3. The van der Waals surface area contributed by atoms with Crippen molar-refractivity contribution < 1.29 is 13.2 Å². The molecule has 0 saturated heterocycles. The molecule has 1 atom stereocenters. The Morgan fingerprint density at radius 3 is 2.50 bits per heavy atom. The quantitative estimate of drug-likeness (QED) is 0.816. The standard InChI is InChI=1S/C13H19ClN2O3S/c1-10(8-14)9-20(18,19)15-12-7-5-4-6-11(12)13(17)16(2)3/h4-7,10,15H,8-9H2,1-3H3. The van der Waals surface area contributed by atoms with Crippen molar-refractivity contribution in [1.82, 2.24) is 4.90 Å². The van der Waals surface area contributed by atoms with Gasteiger partial charge in [0.2, 0.25) is 10.0 Å². The van der Waals surface area contributed by atoms with Crippen molar-refractivity contribution in [3.8, 4) is 0 Å². The number of halogens is 1. The van der Waals surface area contributed by atoms with Crippen LogP contribution in [0.15, 0.2) is 24.3 Å². The van der Waals surface area contributed by atoms with Crippen LogP contribution in [-0.2, 0) is 10.0 Å². The minimum atomic E-state index is -3.53. The molecule has 0 aliphatic rings. The number of nitrogens with one attached hydrogen (secondary N) is 1. The van der Waals surface area contributed by atoms with Gasteiger partial charge in [-0.25, -0.2) is 8.42 Å². The molecule has 0 aliphatic heterocycles. The fourth-order valence-electron chi connectivity index (χ4n) is 1.63. The van der Waals surface area contributed by atoms with E-state index in [1.54, 1.807) is 45.3 Å². The highest BCUT2D eigenvalue weighted by atomic mass is 35.5. The first-order chi connectivity index (χ1) is 9.26. The second-order valence-electron chi connectivity index (χ2n) is 4.89. The maximum absolute atomic E-state index is 12.0. The van der Waals surface area contributed by atoms with E-state index < -0.39 is 10.0 Å². The van der Waals surface area contributed by atoms with Crippen LogP contribution in [0.5, 0.6) is 0 Å². The Balaban J connectivity index is 3.01. The molecule has 1 rings (SSSR count). The molecule has 0 fully saturated rings. The maximum Gasteiger partial charge on any atom is 0.255 e. The SMILES string of the molecule is CC(CCl)CS(=O)(=O)Nc1ccccc1C(=O)N(C)C.